The number of phosphoric ester groups is 3. The van der Waals surface area contributed by atoms with Crippen LogP contribution >= 0.6 is 23.5 Å². The molecule has 0 spiro atoms. The van der Waals surface area contributed by atoms with E-state index in [0.717, 1.165) is 0 Å². The molecule has 0 aromatic heterocycles. The summed E-state index contributed by atoms with van der Waals surface area (Å²) in [5.41, 5.74) is 0. The van der Waals surface area contributed by atoms with Crippen LogP contribution in [0.2, 0.25) is 0 Å². The first-order valence-electron chi connectivity index (χ1n) is 7.08. The molecule has 180 valence electrons. The van der Waals surface area contributed by atoms with Gasteiger partial charge in [-0.25, -0.2) is 13.7 Å². The number of rotatable bonds is 13. The van der Waals surface area contributed by atoms with Crippen LogP contribution in [0.3, 0.4) is 0 Å². The van der Waals surface area contributed by atoms with Crippen LogP contribution in [0.25, 0.3) is 0 Å². The number of Topliss-reactive ketones (excluding diaryl/α,β-unsaturated/α-hetero) is 2. The second kappa shape index (κ2) is 13.8. The standard InChI is InChI=1S/C6H14O12P2.C3H7O6P/c7-3(1-17-19(11,12)13)5(9)6(10)4(8)2-18-20(14,15)16;4-1-3(5)2-9-10(6,7)8/h3,5-7,9-10H,1-2H2,(H2,11,12,13)(H2,14,15,16);4H,1-2H2,(H2,6,7,8)/t3-,5-,6-;/m1./s1. The van der Waals surface area contributed by atoms with Crippen molar-refractivity contribution in [1.29, 1.82) is 0 Å². The predicted octanol–water partition coefficient (Wildman–Crippen LogP) is -4.49. The molecule has 0 aliphatic rings. The Labute approximate surface area is 167 Å². The van der Waals surface area contributed by atoms with Gasteiger partial charge in [0.05, 0.1) is 6.61 Å². The summed E-state index contributed by atoms with van der Waals surface area (Å²) in [5, 5.41) is 35.8. The Bertz CT molecular complexity index is 674. The van der Waals surface area contributed by atoms with Crippen LogP contribution in [0.4, 0.5) is 0 Å². The lowest BCUT2D eigenvalue weighted by Gasteiger charge is -2.22. The smallest absolute Gasteiger partial charge is 0.388 e. The number of aliphatic hydroxyl groups is 4. The SMILES string of the molecule is O=C(CO)COP(=O)(O)O.O=C(COP(=O)(O)O)[C@@H](O)[C@H](O)[C@H](O)COP(=O)(O)O. The average molecular weight is 510 g/mol. The highest BCUT2D eigenvalue weighted by Crippen LogP contribution is 2.37. The largest absolute Gasteiger partial charge is 0.470 e. The van der Waals surface area contributed by atoms with Crippen molar-refractivity contribution in [1.82, 2.24) is 0 Å². The van der Waals surface area contributed by atoms with Gasteiger partial charge in [-0.05, 0) is 0 Å². The topological polar surface area (TPSA) is 315 Å². The van der Waals surface area contributed by atoms with Gasteiger partial charge in [0.2, 0.25) is 0 Å². The van der Waals surface area contributed by atoms with Crippen molar-refractivity contribution < 1.29 is 86.6 Å². The summed E-state index contributed by atoms with van der Waals surface area (Å²) in [5.74, 6) is -2.14. The molecular weight excluding hydrogens is 489 g/mol. The number of aliphatic hydroxyl groups excluding tert-OH is 4. The van der Waals surface area contributed by atoms with E-state index in [4.69, 9.17) is 34.5 Å². The minimum Gasteiger partial charge on any atom is -0.388 e. The van der Waals surface area contributed by atoms with Crippen LogP contribution < -0.4 is 0 Å². The molecule has 30 heavy (non-hydrogen) atoms. The molecule has 0 aliphatic carbocycles. The van der Waals surface area contributed by atoms with E-state index in [1.807, 2.05) is 0 Å². The van der Waals surface area contributed by atoms with Gasteiger partial charge in [-0.1, -0.05) is 0 Å². The third-order valence-corrected chi connectivity index (χ3v) is 3.82. The normalized spacial score (nSPS) is 15.5. The van der Waals surface area contributed by atoms with Crippen LogP contribution in [0.5, 0.6) is 0 Å². The first-order valence-corrected chi connectivity index (χ1v) is 11.7. The van der Waals surface area contributed by atoms with Gasteiger partial charge < -0.3 is 49.8 Å². The number of hydrogen-bond donors (Lipinski definition) is 10. The molecule has 0 saturated heterocycles. The Kier molecular flexibility index (Phi) is 14.6. The number of hydrogen-bond acceptors (Lipinski definition) is 12. The van der Waals surface area contributed by atoms with Gasteiger partial charge in [-0.2, -0.15) is 0 Å². The summed E-state index contributed by atoms with van der Waals surface area (Å²) in [4.78, 5) is 70.6. The van der Waals surface area contributed by atoms with Gasteiger partial charge in [0.25, 0.3) is 0 Å². The molecule has 0 heterocycles. The van der Waals surface area contributed by atoms with E-state index in [1.165, 1.54) is 0 Å². The zero-order valence-electron chi connectivity index (χ0n) is 14.6. The molecular formula is C9H21O18P3. The van der Waals surface area contributed by atoms with Gasteiger partial charge in [-0.15, -0.1) is 0 Å². The van der Waals surface area contributed by atoms with E-state index in [9.17, 15) is 38.6 Å². The zero-order chi connectivity index (χ0) is 24.3. The van der Waals surface area contributed by atoms with Crippen molar-refractivity contribution in [2.24, 2.45) is 0 Å². The molecule has 0 radical (unpaired) electrons. The molecule has 0 aromatic carbocycles. The number of carbonyl (C=O) groups is 2. The Morgan fingerprint density at radius 3 is 1.50 bits per heavy atom. The molecule has 0 fully saturated rings. The van der Waals surface area contributed by atoms with Crippen molar-refractivity contribution in [2.75, 3.05) is 26.4 Å². The predicted molar refractivity (Wildman–Crippen MR) is 89.1 cm³/mol. The lowest BCUT2D eigenvalue weighted by molar-refractivity contribution is -0.142. The summed E-state index contributed by atoms with van der Waals surface area (Å²) in [6.45, 7) is -3.87. The fourth-order valence-electron chi connectivity index (χ4n) is 1.11. The van der Waals surface area contributed by atoms with Gasteiger partial charge >= 0.3 is 23.5 Å². The lowest BCUT2D eigenvalue weighted by atomic mass is 10.1. The van der Waals surface area contributed by atoms with E-state index < -0.39 is 79.8 Å². The summed E-state index contributed by atoms with van der Waals surface area (Å²) in [6.07, 6.45) is -6.53. The maximum atomic E-state index is 11.2. The number of carbonyl (C=O) groups excluding carboxylic acids is 2. The van der Waals surface area contributed by atoms with Gasteiger partial charge in [-0.3, -0.25) is 23.2 Å². The Hall–Kier alpha value is -0.490. The van der Waals surface area contributed by atoms with E-state index >= 15 is 0 Å². The van der Waals surface area contributed by atoms with Gasteiger partial charge in [0.1, 0.15) is 38.1 Å². The summed E-state index contributed by atoms with van der Waals surface area (Å²) in [6, 6.07) is 0. The Morgan fingerprint density at radius 1 is 0.733 bits per heavy atom. The van der Waals surface area contributed by atoms with Crippen LogP contribution in [-0.4, -0.2) is 106 Å². The van der Waals surface area contributed by atoms with Gasteiger partial charge in [0.15, 0.2) is 11.6 Å². The van der Waals surface area contributed by atoms with Crippen LogP contribution in [0.1, 0.15) is 0 Å². The molecule has 10 N–H and O–H groups in total. The van der Waals surface area contributed by atoms with Crippen molar-refractivity contribution in [2.45, 2.75) is 18.3 Å². The van der Waals surface area contributed by atoms with Crippen LogP contribution in [0, 0.1) is 0 Å². The number of phosphoric acid groups is 3. The monoisotopic (exact) mass is 510 g/mol. The molecule has 0 aromatic rings. The maximum absolute atomic E-state index is 11.2. The van der Waals surface area contributed by atoms with E-state index in [1.54, 1.807) is 0 Å². The Morgan fingerprint density at radius 2 is 1.13 bits per heavy atom. The Balaban J connectivity index is 0. The van der Waals surface area contributed by atoms with Crippen LogP contribution in [-0.2, 0) is 36.9 Å². The van der Waals surface area contributed by atoms with Crippen molar-refractivity contribution in [3.8, 4) is 0 Å². The third kappa shape index (κ3) is 19.5. The van der Waals surface area contributed by atoms with E-state index in [0.29, 0.717) is 0 Å². The molecule has 0 unspecified atom stereocenters. The highest BCUT2D eigenvalue weighted by molar-refractivity contribution is 7.46. The second-order valence-corrected chi connectivity index (χ2v) is 8.70. The summed E-state index contributed by atoms with van der Waals surface area (Å²) in [7, 11) is -14.4. The van der Waals surface area contributed by atoms with E-state index in [-0.39, 0.29) is 0 Å². The third-order valence-electron chi connectivity index (χ3n) is 2.41. The second-order valence-electron chi connectivity index (χ2n) is 4.98. The molecule has 0 amide bonds. The van der Waals surface area contributed by atoms with Crippen LogP contribution in [0.15, 0.2) is 0 Å². The highest BCUT2D eigenvalue weighted by Gasteiger charge is 2.33. The maximum Gasteiger partial charge on any atom is 0.470 e. The molecule has 21 heteroatoms. The molecule has 0 saturated carbocycles. The van der Waals surface area contributed by atoms with Crippen molar-refractivity contribution >= 4 is 35.0 Å². The quantitative estimate of drug-likeness (QED) is 0.104. The lowest BCUT2D eigenvalue weighted by Crippen LogP contribution is -2.45. The number of ketones is 2. The molecule has 18 nitrogen and oxygen atoms in total. The fourth-order valence-corrected chi connectivity index (χ4v) is 2.06. The van der Waals surface area contributed by atoms with Crippen molar-refractivity contribution in [3.05, 3.63) is 0 Å². The zero-order valence-corrected chi connectivity index (χ0v) is 17.3. The fraction of sp³-hybridized carbons (Fsp3) is 0.778. The van der Waals surface area contributed by atoms with E-state index in [2.05, 4.69) is 13.6 Å². The molecule has 0 bridgehead atoms. The average Bonchev–Trinajstić information content (AvgIpc) is 2.59. The molecule has 3 atom stereocenters. The minimum atomic E-state index is -4.95. The molecule has 0 aliphatic heterocycles. The summed E-state index contributed by atoms with van der Waals surface area (Å²) < 4.78 is 41.8. The highest BCUT2D eigenvalue weighted by atomic mass is 31.2. The first kappa shape index (κ1) is 31.7. The minimum absolute atomic E-state index is 0.763. The summed E-state index contributed by atoms with van der Waals surface area (Å²) >= 11 is 0. The molecule has 0 rings (SSSR count). The first-order chi connectivity index (χ1) is 13.3. The van der Waals surface area contributed by atoms with Crippen molar-refractivity contribution in [3.63, 3.8) is 0 Å². The van der Waals surface area contributed by atoms with Gasteiger partial charge in [0, 0.05) is 0 Å².